The normalized spacial score (nSPS) is 12.4. The lowest BCUT2D eigenvalue weighted by atomic mass is 10.2. The Labute approximate surface area is 275 Å². The summed E-state index contributed by atoms with van der Waals surface area (Å²) >= 11 is 0. The second-order valence-corrected chi connectivity index (χ2v) is 11.8. The van der Waals surface area contributed by atoms with Crippen LogP contribution in [-0.2, 0) is 41.7 Å². The zero-order valence-electron chi connectivity index (χ0n) is 27.6. The largest absolute Gasteiger partial charge is 0.461 e. The maximum absolute atomic E-state index is 13.5. The van der Waals surface area contributed by atoms with Crippen LogP contribution in [0.2, 0.25) is 0 Å². The van der Waals surface area contributed by atoms with E-state index in [-0.39, 0.29) is 45.4 Å². The first kappa shape index (κ1) is 38.5. The number of rotatable bonds is 16. The lowest BCUT2D eigenvalue weighted by Crippen LogP contribution is -2.61. The van der Waals surface area contributed by atoms with Crippen molar-refractivity contribution in [2.75, 3.05) is 19.8 Å². The number of hydrazine groups is 2. The minimum atomic E-state index is -1.34. The van der Waals surface area contributed by atoms with Crippen molar-refractivity contribution in [1.29, 1.82) is 0 Å². The molecule has 0 radical (unpaired) electrons. The second-order valence-electron chi connectivity index (χ2n) is 11.8. The van der Waals surface area contributed by atoms with Gasteiger partial charge >= 0.3 is 18.0 Å². The molecule has 0 spiro atoms. The van der Waals surface area contributed by atoms with Crippen molar-refractivity contribution in [3.05, 3.63) is 71.8 Å². The van der Waals surface area contributed by atoms with E-state index in [0.29, 0.717) is 0 Å². The summed E-state index contributed by atoms with van der Waals surface area (Å²) in [5.41, 5.74) is 8.65. The Morgan fingerprint density at radius 2 is 1.40 bits per heavy atom. The molecule has 0 aliphatic rings. The highest BCUT2D eigenvalue weighted by atomic mass is 16.5. The number of ether oxygens (including phenoxy) is 3. The molecule has 0 aromatic heterocycles. The van der Waals surface area contributed by atoms with E-state index in [0.717, 1.165) is 21.1 Å². The zero-order valence-corrected chi connectivity index (χ0v) is 27.6. The van der Waals surface area contributed by atoms with Gasteiger partial charge in [-0.05, 0) is 45.7 Å². The Bertz CT molecular complexity index is 1310. The van der Waals surface area contributed by atoms with Crippen molar-refractivity contribution >= 4 is 29.8 Å². The Morgan fingerprint density at radius 3 is 1.96 bits per heavy atom. The highest BCUT2D eigenvalue weighted by molar-refractivity contribution is 5.92. The molecule has 2 atom stereocenters. The van der Waals surface area contributed by atoms with Crippen molar-refractivity contribution < 1.29 is 38.2 Å². The molecular weight excluding hydrogens is 610 g/mol. The minimum absolute atomic E-state index is 0.0358. The topological polar surface area (TPSA) is 208 Å². The molecule has 0 aliphatic carbocycles. The molecule has 0 bridgehead atoms. The molecule has 2 aromatic rings. The van der Waals surface area contributed by atoms with Gasteiger partial charge in [-0.2, -0.15) is 0 Å². The standard InChI is InChI=1S/C32H47N7O8/c1-22(2)45-20-25(29(42)37-39(30(33)43)17-16-27(40)46-19-24-14-10-7-11-15-24)35-28(41)26(21-47-32(3,4)5)36-31(44)38(34)18-23-12-8-6-9-13-23/h6-15,22,25-26H,16-21,34H2,1-5H3,(H2,33,43)(H,35,41)(H,36,44)(H,37,42)/t25-,26-/m0/s1. The monoisotopic (exact) mass is 657 g/mol. The first-order valence-electron chi connectivity index (χ1n) is 15.1. The lowest BCUT2D eigenvalue weighted by Gasteiger charge is -2.29. The van der Waals surface area contributed by atoms with Crippen molar-refractivity contribution in [3.63, 3.8) is 0 Å². The van der Waals surface area contributed by atoms with Crippen LogP contribution in [-0.4, -0.2) is 83.4 Å². The van der Waals surface area contributed by atoms with E-state index in [1.807, 2.05) is 12.1 Å². The molecule has 258 valence electrons. The zero-order chi connectivity index (χ0) is 35.0. The van der Waals surface area contributed by atoms with Crippen LogP contribution >= 0.6 is 0 Å². The number of carbonyl (C=O) groups is 5. The molecule has 15 heteroatoms. The number of nitrogens with zero attached hydrogens (tertiary/aromatic N) is 2. The highest BCUT2D eigenvalue weighted by Crippen LogP contribution is 2.09. The number of urea groups is 2. The van der Waals surface area contributed by atoms with Crippen LogP contribution in [0.1, 0.15) is 52.2 Å². The maximum Gasteiger partial charge on any atom is 0.333 e. The quantitative estimate of drug-likeness (QED) is 0.0769. The van der Waals surface area contributed by atoms with Crippen LogP contribution in [0.3, 0.4) is 0 Å². The van der Waals surface area contributed by atoms with Crippen LogP contribution in [0.4, 0.5) is 9.59 Å². The van der Waals surface area contributed by atoms with Gasteiger partial charge in [0, 0.05) is 0 Å². The Morgan fingerprint density at radius 1 is 0.830 bits per heavy atom. The van der Waals surface area contributed by atoms with Gasteiger partial charge in [-0.25, -0.2) is 20.4 Å². The molecule has 0 saturated heterocycles. The fourth-order valence-electron chi connectivity index (χ4n) is 3.79. The molecule has 0 heterocycles. The van der Waals surface area contributed by atoms with Gasteiger partial charge in [0.25, 0.3) is 5.91 Å². The Hall–Kier alpha value is -4.73. The number of hydrogen-bond acceptors (Lipinski definition) is 9. The molecule has 0 aliphatic heterocycles. The van der Waals surface area contributed by atoms with E-state index in [1.165, 1.54) is 0 Å². The number of carbonyl (C=O) groups excluding carboxylic acids is 5. The van der Waals surface area contributed by atoms with E-state index in [1.54, 1.807) is 83.1 Å². The number of primary amides is 1. The molecule has 2 rings (SSSR count). The van der Waals surface area contributed by atoms with E-state index in [9.17, 15) is 24.0 Å². The van der Waals surface area contributed by atoms with Gasteiger partial charge in [-0.1, -0.05) is 60.7 Å². The van der Waals surface area contributed by atoms with Crippen LogP contribution in [0, 0.1) is 0 Å². The molecule has 0 fully saturated rings. The van der Waals surface area contributed by atoms with Gasteiger partial charge in [-0.3, -0.25) is 24.8 Å². The summed E-state index contributed by atoms with van der Waals surface area (Å²) < 4.78 is 16.6. The van der Waals surface area contributed by atoms with Crippen LogP contribution in [0.5, 0.6) is 0 Å². The summed E-state index contributed by atoms with van der Waals surface area (Å²) in [5, 5.41) is 6.75. The van der Waals surface area contributed by atoms with Crippen LogP contribution < -0.4 is 27.6 Å². The number of amides is 6. The molecule has 0 saturated carbocycles. The minimum Gasteiger partial charge on any atom is -0.461 e. The number of benzene rings is 2. The van der Waals surface area contributed by atoms with Gasteiger partial charge in [0.05, 0.1) is 44.4 Å². The summed E-state index contributed by atoms with van der Waals surface area (Å²) in [6, 6.07) is 13.6. The highest BCUT2D eigenvalue weighted by Gasteiger charge is 2.31. The fourth-order valence-corrected chi connectivity index (χ4v) is 3.79. The van der Waals surface area contributed by atoms with E-state index < -0.39 is 47.5 Å². The predicted octanol–water partition coefficient (Wildman–Crippen LogP) is 1.71. The third-order valence-electron chi connectivity index (χ3n) is 6.28. The molecule has 2 aromatic carbocycles. The van der Waals surface area contributed by atoms with Crippen LogP contribution in [0.15, 0.2) is 60.7 Å². The van der Waals surface area contributed by atoms with Gasteiger partial charge in [0.15, 0.2) is 0 Å². The molecule has 47 heavy (non-hydrogen) atoms. The fraction of sp³-hybridized carbons (Fsp3) is 0.469. The van der Waals surface area contributed by atoms with E-state index >= 15 is 0 Å². The third kappa shape index (κ3) is 15.4. The van der Waals surface area contributed by atoms with Crippen molar-refractivity contribution in [2.24, 2.45) is 11.6 Å². The predicted molar refractivity (Wildman–Crippen MR) is 173 cm³/mol. The SMILES string of the molecule is CC(C)OC[C@H](NC(=O)[C@H](COC(C)(C)C)NC(=O)N(N)Cc1ccccc1)C(=O)NN(CCC(=O)OCc1ccccc1)C(N)=O. The maximum atomic E-state index is 13.5. The Kier molecular flexibility index (Phi) is 15.6. The second kappa shape index (κ2) is 19.1. The van der Waals surface area contributed by atoms with Gasteiger partial charge in [0.2, 0.25) is 5.91 Å². The average molecular weight is 658 g/mol. The molecule has 7 N–H and O–H groups in total. The number of nitrogens with one attached hydrogen (secondary N) is 3. The molecule has 15 nitrogen and oxygen atoms in total. The van der Waals surface area contributed by atoms with Crippen molar-refractivity contribution in [2.45, 2.75) is 78.0 Å². The van der Waals surface area contributed by atoms with Crippen LogP contribution in [0.25, 0.3) is 0 Å². The number of esters is 1. The van der Waals surface area contributed by atoms with Crippen molar-refractivity contribution in [3.8, 4) is 0 Å². The first-order valence-corrected chi connectivity index (χ1v) is 15.1. The third-order valence-corrected chi connectivity index (χ3v) is 6.28. The molecule has 0 unspecified atom stereocenters. The van der Waals surface area contributed by atoms with Gasteiger partial charge < -0.3 is 30.6 Å². The average Bonchev–Trinajstić information content (AvgIpc) is 3.02. The van der Waals surface area contributed by atoms with E-state index in [4.69, 9.17) is 25.8 Å². The van der Waals surface area contributed by atoms with Gasteiger partial charge in [-0.15, -0.1) is 0 Å². The summed E-state index contributed by atoms with van der Waals surface area (Å²) in [5.74, 6) is 3.71. The lowest BCUT2D eigenvalue weighted by molar-refractivity contribution is -0.145. The van der Waals surface area contributed by atoms with Gasteiger partial charge in [0.1, 0.15) is 18.7 Å². The first-order chi connectivity index (χ1) is 22.1. The summed E-state index contributed by atoms with van der Waals surface area (Å²) in [6.45, 7) is 8.05. The molecular formula is C32H47N7O8. The van der Waals surface area contributed by atoms with E-state index in [2.05, 4.69) is 16.1 Å². The number of nitrogens with two attached hydrogens (primary N) is 2. The summed E-state index contributed by atoms with van der Waals surface area (Å²) in [4.78, 5) is 64.2. The summed E-state index contributed by atoms with van der Waals surface area (Å²) in [7, 11) is 0. The molecule has 6 amide bonds. The Balaban J connectivity index is 2.10. The number of hydrogen-bond donors (Lipinski definition) is 5. The van der Waals surface area contributed by atoms with Crippen molar-refractivity contribution in [1.82, 2.24) is 26.1 Å². The summed E-state index contributed by atoms with van der Waals surface area (Å²) in [6.07, 6.45) is -0.593. The smallest absolute Gasteiger partial charge is 0.333 e.